The molecule has 0 spiro atoms. The van der Waals surface area contributed by atoms with E-state index in [9.17, 15) is 9.90 Å². The van der Waals surface area contributed by atoms with Gasteiger partial charge in [-0.25, -0.2) is 0 Å². The molecule has 100 valence electrons. The summed E-state index contributed by atoms with van der Waals surface area (Å²) in [6.45, 7) is 0.688. The maximum Gasteiger partial charge on any atom is 0.226 e. The van der Waals surface area contributed by atoms with E-state index in [4.69, 9.17) is 10.5 Å². The molecule has 1 heterocycles. The Hall–Kier alpha value is -1.66. The molecule has 0 fully saturated rings. The molecule has 6 heteroatoms. The predicted octanol–water partition coefficient (Wildman–Crippen LogP) is -0.280. The lowest BCUT2D eigenvalue weighted by Gasteiger charge is -2.10. The molecule has 0 aromatic carbocycles. The Labute approximate surface area is 106 Å². The second-order valence-corrected chi connectivity index (χ2v) is 4.01. The quantitative estimate of drug-likeness (QED) is 0.621. The third kappa shape index (κ3) is 5.60. The SMILES string of the molecule is COCC(O)CCNC(=O)Cc1ccc(N)cn1. The van der Waals surface area contributed by atoms with Crippen LogP contribution in [0.5, 0.6) is 0 Å². The minimum absolute atomic E-state index is 0.128. The van der Waals surface area contributed by atoms with Gasteiger partial charge in [-0.1, -0.05) is 0 Å². The van der Waals surface area contributed by atoms with Crippen molar-refractivity contribution in [3.63, 3.8) is 0 Å². The topological polar surface area (TPSA) is 97.5 Å². The molecule has 1 amide bonds. The number of ether oxygens (including phenoxy) is 1. The number of hydrogen-bond donors (Lipinski definition) is 3. The van der Waals surface area contributed by atoms with Crippen LogP contribution in [-0.2, 0) is 16.0 Å². The molecule has 0 saturated heterocycles. The number of nitrogens with zero attached hydrogens (tertiary/aromatic N) is 1. The van der Waals surface area contributed by atoms with Crippen molar-refractivity contribution in [2.45, 2.75) is 18.9 Å². The molecule has 1 aromatic rings. The number of aliphatic hydroxyl groups is 1. The normalized spacial score (nSPS) is 12.1. The Morgan fingerprint density at radius 3 is 3.00 bits per heavy atom. The number of hydrogen-bond acceptors (Lipinski definition) is 5. The molecule has 0 aliphatic rings. The van der Waals surface area contributed by atoms with Gasteiger partial charge in [0.1, 0.15) is 0 Å². The lowest BCUT2D eigenvalue weighted by Crippen LogP contribution is -2.29. The number of nitrogens with two attached hydrogens (primary N) is 1. The summed E-state index contributed by atoms with van der Waals surface area (Å²) in [4.78, 5) is 15.6. The Bertz CT molecular complexity index is 367. The highest BCUT2D eigenvalue weighted by Crippen LogP contribution is 2.01. The summed E-state index contributed by atoms with van der Waals surface area (Å²) in [6, 6.07) is 3.42. The van der Waals surface area contributed by atoms with Crippen molar-refractivity contribution < 1.29 is 14.6 Å². The fourth-order valence-electron chi connectivity index (χ4n) is 1.42. The average molecular weight is 253 g/mol. The van der Waals surface area contributed by atoms with E-state index in [-0.39, 0.29) is 18.9 Å². The van der Waals surface area contributed by atoms with E-state index in [1.165, 1.54) is 13.3 Å². The van der Waals surface area contributed by atoms with Crippen LogP contribution in [0.25, 0.3) is 0 Å². The lowest BCUT2D eigenvalue weighted by molar-refractivity contribution is -0.120. The van der Waals surface area contributed by atoms with Crippen LogP contribution in [0.2, 0.25) is 0 Å². The van der Waals surface area contributed by atoms with Gasteiger partial charge in [0.05, 0.1) is 31.0 Å². The molecule has 0 saturated carbocycles. The first-order valence-electron chi connectivity index (χ1n) is 5.76. The first-order chi connectivity index (χ1) is 8.61. The summed E-state index contributed by atoms with van der Waals surface area (Å²) in [5.41, 5.74) is 6.73. The molecule has 0 aliphatic carbocycles. The highest BCUT2D eigenvalue weighted by atomic mass is 16.5. The second-order valence-electron chi connectivity index (χ2n) is 4.01. The average Bonchev–Trinajstić information content (AvgIpc) is 2.32. The summed E-state index contributed by atoms with van der Waals surface area (Å²) >= 11 is 0. The largest absolute Gasteiger partial charge is 0.397 e. The van der Waals surface area contributed by atoms with Crippen molar-refractivity contribution in [2.24, 2.45) is 0 Å². The third-order valence-corrected chi connectivity index (χ3v) is 2.35. The Morgan fingerprint density at radius 1 is 1.61 bits per heavy atom. The molecule has 1 rings (SSSR count). The molecule has 1 aromatic heterocycles. The number of methoxy groups -OCH3 is 1. The maximum atomic E-state index is 11.5. The molecule has 1 atom stereocenters. The number of pyridine rings is 1. The van der Waals surface area contributed by atoms with E-state index in [1.54, 1.807) is 12.1 Å². The van der Waals surface area contributed by atoms with Gasteiger partial charge in [0.15, 0.2) is 0 Å². The van der Waals surface area contributed by atoms with Crippen LogP contribution in [0.1, 0.15) is 12.1 Å². The number of carbonyl (C=O) groups is 1. The standard InChI is InChI=1S/C12H19N3O3/c1-18-8-11(16)4-5-14-12(17)6-10-3-2-9(13)7-15-10/h2-3,7,11,16H,4-6,8,13H2,1H3,(H,14,17). The summed E-state index contributed by atoms with van der Waals surface area (Å²) in [5.74, 6) is -0.128. The van der Waals surface area contributed by atoms with E-state index in [0.717, 1.165) is 0 Å². The van der Waals surface area contributed by atoms with Crippen LogP contribution in [-0.4, -0.2) is 42.4 Å². The van der Waals surface area contributed by atoms with E-state index < -0.39 is 6.10 Å². The van der Waals surface area contributed by atoms with Gasteiger partial charge in [-0.05, 0) is 18.6 Å². The van der Waals surface area contributed by atoms with E-state index in [0.29, 0.717) is 24.3 Å². The predicted molar refractivity (Wildman–Crippen MR) is 67.9 cm³/mol. The van der Waals surface area contributed by atoms with Crippen molar-refractivity contribution in [3.8, 4) is 0 Å². The number of rotatable bonds is 7. The van der Waals surface area contributed by atoms with Crippen molar-refractivity contribution in [3.05, 3.63) is 24.0 Å². The highest BCUT2D eigenvalue weighted by molar-refractivity contribution is 5.78. The van der Waals surface area contributed by atoms with Gasteiger partial charge in [0.2, 0.25) is 5.91 Å². The molecule has 1 unspecified atom stereocenters. The number of carbonyl (C=O) groups excluding carboxylic acids is 1. The smallest absolute Gasteiger partial charge is 0.226 e. The summed E-state index contributed by atoms with van der Waals surface area (Å²) in [5, 5.41) is 12.1. The minimum atomic E-state index is -0.551. The fraction of sp³-hybridized carbons (Fsp3) is 0.500. The summed E-state index contributed by atoms with van der Waals surface area (Å²) in [7, 11) is 1.52. The Kier molecular flexibility index (Phi) is 6.10. The zero-order chi connectivity index (χ0) is 13.4. The van der Waals surface area contributed by atoms with Gasteiger partial charge in [-0.15, -0.1) is 0 Å². The third-order valence-electron chi connectivity index (χ3n) is 2.35. The van der Waals surface area contributed by atoms with Crippen LogP contribution in [0.15, 0.2) is 18.3 Å². The zero-order valence-corrected chi connectivity index (χ0v) is 10.4. The van der Waals surface area contributed by atoms with Gasteiger partial charge in [0.25, 0.3) is 0 Å². The van der Waals surface area contributed by atoms with Crippen molar-refractivity contribution in [2.75, 3.05) is 26.0 Å². The van der Waals surface area contributed by atoms with Gasteiger partial charge in [-0.2, -0.15) is 0 Å². The second kappa shape index (κ2) is 7.62. The van der Waals surface area contributed by atoms with Crippen LogP contribution in [0.3, 0.4) is 0 Å². The van der Waals surface area contributed by atoms with Gasteiger partial charge >= 0.3 is 0 Å². The van der Waals surface area contributed by atoms with E-state index >= 15 is 0 Å². The molecule has 18 heavy (non-hydrogen) atoms. The van der Waals surface area contributed by atoms with Crippen LogP contribution in [0, 0.1) is 0 Å². The first kappa shape index (κ1) is 14.4. The monoisotopic (exact) mass is 253 g/mol. The van der Waals surface area contributed by atoms with E-state index in [2.05, 4.69) is 10.3 Å². The number of anilines is 1. The molecular formula is C12H19N3O3. The number of aromatic nitrogens is 1. The molecular weight excluding hydrogens is 234 g/mol. The maximum absolute atomic E-state index is 11.5. The van der Waals surface area contributed by atoms with Crippen molar-refractivity contribution in [1.82, 2.24) is 10.3 Å². The Balaban J connectivity index is 2.23. The summed E-state index contributed by atoms with van der Waals surface area (Å²) in [6.07, 6.45) is 1.64. The molecule has 0 radical (unpaired) electrons. The number of nitrogens with one attached hydrogen (secondary N) is 1. The van der Waals surface area contributed by atoms with Crippen molar-refractivity contribution >= 4 is 11.6 Å². The highest BCUT2D eigenvalue weighted by Gasteiger charge is 2.06. The van der Waals surface area contributed by atoms with Gasteiger partial charge in [-0.3, -0.25) is 9.78 Å². The lowest BCUT2D eigenvalue weighted by atomic mass is 10.2. The number of aliphatic hydroxyl groups excluding tert-OH is 1. The van der Waals surface area contributed by atoms with Gasteiger partial charge < -0.3 is 20.9 Å². The first-order valence-corrected chi connectivity index (χ1v) is 5.76. The number of nitrogen functional groups attached to an aromatic ring is 1. The number of amides is 1. The van der Waals surface area contributed by atoms with Crippen LogP contribution in [0.4, 0.5) is 5.69 Å². The fourth-order valence-corrected chi connectivity index (χ4v) is 1.42. The molecule has 4 N–H and O–H groups in total. The van der Waals surface area contributed by atoms with E-state index in [1.807, 2.05) is 0 Å². The van der Waals surface area contributed by atoms with Crippen molar-refractivity contribution in [1.29, 1.82) is 0 Å². The molecule has 0 bridgehead atoms. The molecule has 6 nitrogen and oxygen atoms in total. The summed E-state index contributed by atoms with van der Waals surface area (Å²) < 4.78 is 4.78. The zero-order valence-electron chi connectivity index (χ0n) is 10.4. The Morgan fingerprint density at radius 2 is 2.39 bits per heavy atom. The van der Waals surface area contributed by atoms with Crippen LogP contribution >= 0.6 is 0 Å². The van der Waals surface area contributed by atoms with Crippen LogP contribution < -0.4 is 11.1 Å². The molecule has 0 aliphatic heterocycles. The van der Waals surface area contributed by atoms with Gasteiger partial charge in [0, 0.05) is 19.3 Å². The minimum Gasteiger partial charge on any atom is -0.397 e.